The minimum absolute atomic E-state index is 0.425. The predicted molar refractivity (Wildman–Crippen MR) is 85.4 cm³/mol. The molecule has 122 valence electrons. The van der Waals surface area contributed by atoms with Crippen molar-refractivity contribution in [3.05, 3.63) is 59.7 Å². The molecule has 2 aromatic rings. The van der Waals surface area contributed by atoms with Crippen LogP contribution in [0.15, 0.2) is 48.5 Å². The smallest absolute Gasteiger partial charge is 0.416 e. The molecule has 0 saturated heterocycles. The summed E-state index contributed by atoms with van der Waals surface area (Å²) in [5.41, 5.74) is -0.214. The number of benzene rings is 2. The maximum absolute atomic E-state index is 12.5. The van der Waals surface area contributed by atoms with Crippen LogP contribution < -0.4 is 4.74 Å². The van der Waals surface area contributed by atoms with Crippen molar-refractivity contribution < 1.29 is 17.9 Å². The number of rotatable bonds is 2. The third-order valence-electron chi connectivity index (χ3n) is 2.47. The molecule has 0 aliphatic rings. The summed E-state index contributed by atoms with van der Waals surface area (Å²) >= 11 is 0. The van der Waals surface area contributed by atoms with Crippen molar-refractivity contribution in [2.45, 2.75) is 40.8 Å². The zero-order valence-electron chi connectivity index (χ0n) is 13.7. The molecule has 0 aromatic heterocycles. The van der Waals surface area contributed by atoms with E-state index in [4.69, 9.17) is 4.74 Å². The van der Waals surface area contributed by atoms with Crippen LogP contribution in [-0.4, -0.2) is 0 Å². The third-order valence-corrected chi connectivity index (χ3v) is 2.47. The molecule has 0 aliphatic heterocycles. The van der Waals surface area contributed by atoms with Gasteiger partial charge in [-0.05, 0) is 42.8 Å². The minimum Gasteiger partial charge on any atom is -0.457 e. The van der Waals surface area contributed by atoms with Gasteiger partial charge in [0.15, 0.2) is 0 Å². The lowest BCUT2D eigenvalue weighted by Gasteiger charge is -2.12. The molecule has 22 heavy (non-hydrogen) atoms. The lowest BCUT2D eigenvalue weighted by Crippen LogP contribution is -2.05. The molecule has 0 spiro atoms. The van der Waals surface area contributed by atoms with Crippen molar-refractivity contribution in [1.82, 2.24) is 0 Å². The third kappa shape index (κ3) is 6.20. The summed E-state index contributed by atoms with van der Waals surface area (Å²) in [6.45, 7) is 9.59. The molecule has 0 N–H and O–H groups in total. The largest absolute Gasteiger partial charge is 0.457 e. The lowest BCUT2D eigenvalue weighted by molar-refractivity contribution is -0.137. The van der Waals surface area contributed by atoms with Gasteiger partial charge >= 0.3 is 6.18 Å². The Balaban J connectivity index is 0.00000102. The van der Waals surface area contributed by atoms with Crippen LogP contribution in [0.4, 0.5) is 13.2 Å². The van der Waals surface area contributed by atoms with Gasteiger partial charge in [0, 0.05) is 0 Å². The van der Waals surface area contributed by atoms with E-state index in [1.165, 1.54) is 6.07 Å². The van der Waals surface area contributed by atoms with Crippen LogP contribution in [0.5, 0.6) is 11.5 Å². The minimum atomic E-state index is -4.32. The first kappa shape index (κ1) is 20.0. The van der Waals surface area contributed by atoms with E-state index in [1.807, 2.05) is 33.8 Å². The molecule has 1 nitrogen and oxygen atoms in total. The van der Waals surface area contributed by atoms with Crippen LogP contribution in [0.3, 0.4) is 0 Å². The molecule has 2 rings (SSSR count). The summed E-state index contributed by atoms with van der Waals surface area (Å²) in [7, 11) is 0. The predicted octanol–water partition coefficient (Wildman–Crippen LogP) is 6.86. The van der Waals surface area contributed by atoms with Crippen LogP contribution >= 0.6 is 0 Å². The topological polar surface area (TPSA) is 9.23 Å². The maximum atomic E-state index is 12.5. The first-order valence-electron chi connectivity index (χ1n) is 7.37. The molecule has 0 unspecified atom stereocenters. The van der Waals surface area contributed by atoms with Gasteiger partial charge in [0.05, 0.1) is 5.56 Å². The van der Waals surface area contributed by atoms with E-state index in [0.717, 1.165) is 12.1 Å². The monoisotopic (exact) mass is 312 g/mol. The average molecular weight is 312 g/mol. The van der Waals surface area contributed by atoms with Crippen LogP contribution in [0.1, 0.15) is 38.8 Å². The summed E-state index contributed by atoms with van der Waals surface area (Å²) in [6, 6.07) is 12.4. The highest BCUT2D eigenvalue weighted by Crippen LogP contribution is 2.33. The van der Waals surface area contributed by atoms with E-state index in [1.54, 1.807) is 31.2 Å². The molecule has 0 radical (unpaired) electrons. The van der Waals surface area contributed by atoms with Crippen molar-refractivity contribution in [2.75, 3.05) is 0 Å². The first-order chi connectivity index (χ1) is 10.5. The number of halogens is 3. The summed E-state index contributed by atoms with van der Waals surface area (Å²) in [5.74, 6) is 1.02. The Morgan fingerprint density at radius 1 is 0.818 bits per heavy atom. The van der Waals surface area contributed by atoms with Crippen molar-refractivity contribution in [1.29, 1.82) is 0 Å². The van der Waals surface area contributed by atoms with Gasteiger partial charge in [-0.15, -0.1) is 0 Å². The molecule has 0 aliphatic carbocycles. The summed E-state index contributed by atoms with van der Waals surface area (Å²) in [6.07, 6.45) is -4.32. The Bertz CT molecular complexity index is 534. The molecular weight excluding hydrogens is 289 g/mol. The highest BCUT2D eigenvalue weighted by molar-refractivity contribution is 5.40. The number of hydrogen-bond donors (Lipinski definition) is 0. The van der Waals surface area contributed by atoms with Crippen LogP contribution in [0, 0.1) is 6.92 Å². The maximum Gasteiger partial charge on any atom is 0.416 e. The molecule has 0 saturated carbocycles. The number of ether oxygens (including phenoxy) is 1. The number of hydrogen-bond acceptors (Lipinski definition) is 1. The Morgan fingerprint density at radius 2 is 1.36 bits per heavy atom. The van der Waals surface area contributed by atoms with Gasteiger partial charge in [0.1, 0.15) is 11.5 Å². The molecule has 4 heteroatoms. The highest BCUT2D eigenvalue weighted by atomic mass is 19.4. The van der Waals surface area contributed by atoms with Crippen molar-refractivity contribution in [2.24, 2.45) is 0 Å². The van der Waals surface area contributed by atoms with E-state index in [2.05, 4.69) is 0 Å². The van der Waals surface area contributed by atoms with E-state index in [0.29, 0.717) is 17.1 Å². The molecule has 2 aromatic carbocycles. The van der Waals surface area contributed by atoms with Crippen molar-refractivity contribution in [3.63, 3.8) is 0 Å². The second-order valence-corrected chi connectivity index (χ2v) is 3.89. The quantitative estimate of drug-likeness (QED) is 0.588. The van der Waals surface area contributed by atoms with Crippen molar-refractivity contribution >= 4 is 0 Å². The number of para-hydroxylation sites is 1. The van der Waals surface area contributed by atoms with Crippen LogP contribution in [0.25, 0.3) is 0 Å². The van der Waals surface area contributed by atoms with Crippen molar-refractivity contribution in [3.8, 4) is 11.5 Å². The van der Waals surface area contributed by atoms with E-state index in [-0.39, 0.29) is 0 Å². The fraction of sp³-hybridized carbons (Fsp3) is 0.333. The van der Waals surface area contributed by atoms with Gasteiger partial charge < -0.3 is 4.74 Å². The number of alkyl halides is 3. The second kappa shape index (κ2) is 9.87. The zero-order valence-corrected chi connectivity index (χ0v) is 13.7. The van der Waals surface area contributed by atoms with Crippen LogP contribution in [-0.2, 0) is 6.18 Å². The summed E-state index contributed by atoms with van der Waals surface area (Å²) in [5, 5.41) is 0. The lowest BCUT2D eigenvalue weighted by atomic mass is 10.1. The van der Waals surface area contributed by atoms with Gasteiger partial charge in [-0.2, -0.15) is 13.2 Å². The SMILES string of the molecule is CC.CC.Cc1cc(C(F)(F)F)ccc1Oc1ccccc1. The number of aryl methyl sites for hydroxylation is 1. The first-order valence-corrected chi connectivity index (χ1v) is 7.37. The van der Waals surface area contributed by atoms with Crippen LogP contribution in [0.2, 0.25) is 0 Å². The fourth-order valence-corrected chi connectivity index (χ4v) is 1.56. The molecular formula is C18H23F3O. The molecule has 0 atom stereocenters. The second-order valence-electron chi connectivity index (χ2n) is 3.89. The molecule has 0 bridgehead atoms. The Morgan fingerprint density at radius 3 is 1.82 bits per heavy atom. The van der Waals surface area contributed by atoms with Gasteiger partial charge in [-0.1, -0.05) is 45.9 Å². The summed E-state index contributed by atoms with van der Waals surface area (Å²) in [4.78, 5) is 0. The molecule has 0 amide bonds. The molecule has 0 fully saturated rings. The fourth-order valence-electron chi connectivity index (χ4n) is 1.56. The Hall–Kier alpha value is -1.97. The Kier molecular flexibility index (Phi) is 8.99. The van der Waals surface area contributed by atoms with Gasteiger partial charge in [-0.3, -0.25) is 0 Å². The standard InChI is InChI=1S/C14H11F3O.2C2H6/c1-10-9-11(14(15,16)17)7-8-13(10)18-12-5-3-2-4-6-12;2*1-2/h2-9H,1H3;2*1-2H3. The highest BCUT2D eigenvalue weighted by Gasteiger charge is 2.30. The summed E-state index contributed by atoms with van der Waals surface area (Å²) < 4.78 is 43.0. The average Bonchev–Trinajstić information content (AvgIpc) is 2.53. The normalized spacial score (nSPS) is 9.82. The zero-order chi connectivity index (χ0) is 17.2. The molecule has 0 heterocycles. The van der Waals surface area contributed by atoms with E-state index >= 15 is 0 Å². The van der Waals surface area contributed by atoms with Gasteiger partial charge in [0.2, 0.25) is 0 Å². The van der Waals surface area contributed by atoms with Gasteiger partial charge in [0.25, 0.3) is 0 Å². The van der Waals surface area contributed by atoms with E-state index in [9.17, 15) is 13.2 Å². The van der Waals surface area contributed by atoms with E-state index < -0.39 is 11.7 Å². The Labute approximate surface area is 130 Å². The van der Waals surface area contributed by atoms with Gasteiger partial charge in [-0.25, -0.2) is 0 Å².